The molecule has 1 amide bonds. The summed E-state index contributed by atoms with van der Waals surface area (Å²) >= 11 is 0. The summed E-state index contributed by atoms with van der Waals surface area (Å²) in [6.07, 6.45) is 5.38. The molecule has 0 spiro atoms. The normalized spacial score (nSPS) is 15.1. The van der Waals surface area contributed by atoms with E-state index in [1.54, 1.807) is 6.07 Å². The maximum Gasteiger partial charge on any atom is 0.328 e. The van der Waals surface area contributed by atoms with Crippen LogP contribution in [0.15, 0.2) is 48.5 Å². The fraction of sp³-hybridized carbons (Fsp3) is 0.414. The summed E-state index contributed by atoms with van der Waals surface area (Å²) in [6.45, 7) is 5.82. The van der Waals surface area contributed by atoms with Crippen molar-refractivity contribution in [2.45, 2.75) is 64.3 Å². The number of aliphatic hydroxyl groups excluding tert-OH is 1. The highest BCUT2D eigenvalue weighted by molar-refractivity contribution is 5.99. The first-order valence-electron chi connectivity index (χ1n) is 12.5. The number of carboxylic acids is 1. The van der Waals surface area contributed by atoms with Gasteiger partial charge >= 0.3 is 5.97 Å². The number of fused-ring (bicyclic) bond motifs is 1. The second-order valence-electron chi connectivity index (χ2n) is 10.6. The molecule has 0 unspecified atom stereocenters. The summed E-state index contributed by atoms with van der Waals surface area (Å²) in [5.41, 5.74) is 2.23. The number of carboxylic acid groups (broad SMARTS) is 1. The van der Waals surface area contributed by atoms with Gasteiger partial charge in [-0.15, -0.1) is 0 Å². The van der Waals surface area contributed by atoms with E-state index < -0.39 is 24.5 Å². The molecule has 1 heterocycles. The van der Waals surface area contributed by atoms with Crippen molar-refractivity contribution in [3.05, 3.63) is 65.5 Å². The Balaban J connectivity index is 1.65. The van der Waals surface area contributed by atoms with E-state index in [-0.39, 0.29) is 11.1 Å². The quantitative estimate of drug-likeness (QED) is 0.399. The van der Waals surface area contributed by atoms with E-state index in [4.69, 9.17) is 4.74 Å². The lowest BCUT2D eigenvalue weighted by Gasteiger charge is -2.19. The first-order chi connectivity index (χ1) is 17.1. The van der Waals surface area contributed by atoms with Gasteiger partial charge in [-0.1, -0.05) is 64.7 Å². The van der Waals surface area contributed by atoms with E-state index >= 15 is 0 Å². The summed E-state index contributed by atoms with van der Waals surface area (Å²) in [7, 11) is 0. The Bertz CT molecular complexity index is 1240. The molecule has 1 fully saturated rings. The van der Waals surface area contributed by atoms with Crippen molar-refractivity contribution in [2.75, 3.05) is 6.61 Å². The molecule has 1 saturated carbocycles. The zero-order valence-corrected chi connectivity index (χ0v) is 21.1. The van der Waals surface area contributed by atoms with Crippen molar-refractivity contribution in [3.8, 4) is 11.5 Å². The minimum atomic E-state index is -1.38. The number of amides is 1. The third-order valence-electron chi connectivity index (χ3n) is 6.81. The van der Waals surface area contributed by atoms with Crippen molar-refractivity contribution in [3.63, 3.8) is 0 Å². The van der Waals surface area contributed by atoms with Crippen LogP contribution in [0, 0.1) is 5.92 Å². The van der Waals surface area contributed by atoms with Gasteiger partial charge in [0.15, 0.2) is 6.04 Å². The lowest BCUT2D eigenvalue weighted by molar-refractivity contribution is -0.140. The fourth-order valence-electron chi connectivity index (χ4n) is 4.70. The number of nitrogens with zero attached hydrogens (tertiary/aromatic N) is 1. The highest BCUT2D eigenvalue weighted by Gasteiger charge is 2.23. The van der Waals surface area contributed by atoms with Crippen LogP contribution < -0.4 is 10.1 Å². The molecule has 7 nitrogen and oxygen atoms in total. The van der Waals surface area contributed by atoms with Crippen molar-refractivity contribution in [1.29, 1.82) is 0 Å². The van der Waals surface area contributed by atoms with Crippen LogP contribution in [0.5, 0.6) is 11.5 Å². The van der Waals surface area contributed by atoms with Gasteiger partial charge in [-0.25, -0.2) is 9.78 Å². The van der Waals surface area contributed by atoms with E-state index in [9.17, 15) is 19.8 Å². The van der Waals surface area contributed by atoms with E-state index in [1.807, 2.05) is 30.3 Å². The largest absolute Gasteiger partial charge is 0.480 e. The predicted octanol–water partition coefficient (Wildman–Crippen LogP) is 5.23. The Hall–Kier alpha value is -3.45. The second kappa shape index (κ2) is 10.7. The maximum atomic E-state index is 12.8. The van der Waals surface area contributed by atoms with E-state index in [0.717, 1.165) is 41.5 Å². The molecule has 0 saturated heterocycles. The predicted molar refractivity (Wildman–Crippen MR) is 139 cm³/mol. The number of rotatable bonds is 8. The molecule has 0 bridgehead atoms. The van der Waals surface area contributed by atoms with Gasteiger partial charge in [0.05, 0.1) is 6.61 Å². The average molecular weight is 491 g/mol. The van der Waals surface area contributed by atoms with Gasteiger partial charge < -0.3 is 20.3 Å². The summed E-state index contributed by atoms with van der Waals surface area (Å²) in [4.78, 5) is 28.7. The third kappa shape index (κ3) is 6.02. The van der Waals surface area contributed by atoms with E-state index in [0.29, 0.717) is 11.7 Å². The molecule has 3 N–H and O–H groups in total. The molecule has 1 aliphatic carbocycles. The Labute approximate surface area is 211 Å². The first-order valence-corrected chi connectivity index (χ1v) is 12.5. The number of ether oxygens (including phenoxy) is 1. The van der Waals surface area contributed by atoms with Crippen molar-refractivity contribution in [2.24, 2.45) is 5.92 Å². The fourth-order valence-corrected chi connectivity index (χ4v) is 4.70. The number of benzene rings is 2. The maximum absolute atomic E-state index is 12.8. The number of carbonyl (C=O) groups excluding carboxylic acids is 1. The molecule has 2 aromatic carbocycles. The molecular weight excluding hydrogens is 456 g/mol. The van der Waals surface area contributed by atoms with Gasteiger partial charge in [0.25, 0.3) is 5.91 Å². The van der Waals surface area contributed by atoms with Crippen LogP contribution in [0.2, 0.25) is 0 Å². The number of nitrogens with one attached hydrogen (secondary N) is 1. The number of aliphatic carboxylic acids is 1. The minimum Gasteiger partial charge on any atom is -0.480 e. The highest BCUT2D eigenvalue weighted by atomic mass is 16.5. The number of pyridine rings is 1. The van der Waals surface area contributed by atoms with E-state index in [2.05, 4.69) is 43.2 Å². The van der Waals surface area contributed by atoms with Crippen LogP contribution in [-0.4, -0.2) is 39.7 Å². The lowest BCUT2D eigenvalue weighted by atomic mass is 9.87. The van der Waals surface area contributed by atoms with Gasteiger partial charge in [0.2, 0.25) is 0 Å². The van der Waals surface area contributed by atoms with Crippen LogP contribution in [0.4, 0.5) is 0 Å². The molecule has 1 aliphatic rings. The van der Waals surface area contributed by atoms with Crippen LogP contribution in [0.3, 0.4) is 0 Å². The molecule has 1 atom stereocenters. The van der Waals surface area contributed by atoms with Crippen LogP contribution in [0.1, 0.15) is 68.2 Å². The molecular formula is C29H34N2O5. The Morgan fingerprint density at radius 3 is 2.33 bits per heavy atom. The zero-order chi connectivity index (χ0) is 25.9. The van der Waals surface area contributed by atoms with Crippen molar-refractivity contribution < 1.29 is 24.5 Å². The highest BCUT2D eigenvalue weighted by Crippen LogP contribution is 2.33. The smallest absolute Gasteiger partial charge is 0.328 e. The van der Waals surface area contributed by atoms with Gasteiger partial charge in [0.1, 0.15) is 17.2 Å². The topological polar surface area (TPSA) is 109 Å². The average Bonchev–Trinajstić information content (AvgIpc) is 3.35. The zero-order valence-electron chi connectivity index (χ0n) is 21.1. The molecule has 1 aromatic heterocycles. The summed E-state index contributed by atoms with van der Waals surface area (Å²) in [5.74, 6) is 0.00874. The third-order valence-corrected chi connectivity index (χ3v) is 6.81. The van der Waals surface area contributed by atoms with Crippen LogP contribution >= 0.6 is 0 Å². The number of aliphatic hydroxyl groups is 1. The number of aromatic nitrogens is 1. The van der Waals surface area contributed by atoms with Gasteiger partial charge in [-0.3, -0.25) is 4.79 Å². The minimum absolute atomic E-state index is 0.0634. The lowest BCUT2D eigenvalue weighted by Crippen LogP contribution is -2.43. The molecule has 36 heavy (non-hydrogen) atoms. The van der Waals surface area contributed by atoms with E-state index in [1.165, 1.54) is 18.4 Å². The Kier molecular flexibility index (Phi) is 7.59. The Morgan fingerprint density at radius 2 is 1.72 bits per heavy atom. The number of carbonyl (C=O) groups is 2. The molecule has 0 radical (unpaired) electrons. The second-order valence-corrected chi connectivity index (χ2v) is 10.6. The molecule has 190 valence electrons. The monoisotopic (exact) mass is 490 g/mol. The summed E-state index contributed by atoms with van der Waals surface area (Å²) in [5, 5.41) is 22.6. The SMILES string of the molecule is CC(C)(C)c1ccc(Oc2ccc3cc(C(=O)N[C@@H](CO)C(=O)O)nc(CC4CCCC4)c3c2)cc1. The summed E-state index contributed by atoms with van der Waals surface area (Å²) in [6, 6.07) is 14.1. The van der Waals surface area contributed by atoms with Gasteiger partial charge in [0, 0.05) is 11.1 Å². The van der Waals surface area contributed by atoms with Crippen LogP contribution in [0.25, 0.3) is 10.8 Å². The Morgan fingerprint density at radius 1 is 1.06 bits per heavy atom. The number of hydrogen-bond donors (Lipinski definition) is 3. The van der Waals surface area contributed by atoms with Gasteiger partial charge in [-0.05, 0) is 59.0 Å². The summed E-state index contributed by atoms with van der Waals surface area (Å²) < 4.78 is 6.15. The molecule has 4 rings (SSSR count). The first kappa shape index (κ1) is 25.6. The standard InChI is InChI=1S/C29H34N2O5/c1-29(2,3)20-9-12-21(13-10-20)36-22-11-8-19-15-25(27(33)31-26(17-32)28(34)35)30-24(23(19)16-22)14-18-6-4-5-7-18/h8-13,15-16,18,26,32H,4-7,14,17H2,1-3H3,(H,31,33)(H,34,35)/t26-/m0/s1. The molecule has 0 aliphatic heterocycles. The van der Waals surface area contributed by atoms with Crippen molar-refractivity contribution >= 4 is 22.6 Å². The van der Waals surface area contributed by atoms with Crippen LogP contribution in [-0.2, 0) is 16.6 Å². The van der Waals surface area contributed by atoms with Crippen molar-refractivity contribution in [1.82, 2.24) is 10.3 Å². The molecule has 3 aromatic rings. The molecule has 7 heteroatoms. The van der Waals surface area contributed by atoms with Gasteiger partial charge in [-0.2, -0.15) is 0 Å². The number of hydrogen-bond acceptors (Lipinski definition) is 5.